The molecule has 0 aliphatic carbocycles. The Hall–Kier alpha value is -1.97. The number of aryl methyl sites for hydroxylation is 1. The maximum absolute atomic E-state index is 5.19. The summed E-state index contributed by atoms with van der Waals surface area (Å²) in [6, 6.07) is 4.06. The molecule has 0 radical (unpaired) electrons. The standard InChI is InChI=1S/C12H15N3O/c1-9-5-11(12(16-2)15-6-9)14-8-10-3-4-13-7-10/h3-7,13-14H,8H2,1-2H3. The van der Waals surface area contributed by atoms with E-state index in [0.29, 0.717) is 5.88 Å². The van der Waals surface area contributed by atoms with E-state index in [1.54, 1.807) is 13.3 Å². The number of nitrogens with zero attached hydrogens (tertiary/aromatic N) is 1. The fourth-order valence-corrected chi connectivity index (χ4v) is 1.51. The zero-order chi connectivity index (χ0) is 11.4. The number of ether oxygens (including phenoxy) is 1. The van der Waals surface area contributed by atoms with Crippen molar-refractivity contribution >= 4 is 5.69 Å². The van der Waals surface area contributed by atoms with Gasteiger partial charge in [-0.3, -0.25) is 0 Å². The van der Waals surface area contributed by atoms with Crippen molar-refractivity contribution in [1.82, 2.24) is 9.97 Å². The lowest BCUT2D eigenvalue weighted by atomic mass is 10.2. The van der Waals surface area contributed by atoms with Crippen molar-refractivity contribution in [2.24, 2.45) is 0 Å². The Morgan fingerprint density at radius 1 is 1.50 bits per heavy atom. The van der Waals surface area contributed by atoms with Gasteiger partial charge in [0.1, 0.15) is 0 Å². The molecule has 0 aliphatic rings. The number of methoxy groups -OCH3 is 1. The van der Waals surface area contributed by atoms with Crippen molar-refractivity contribution in [3.8, 4) is 5.88 Å². The molecular formula is C12H15N3O. The fraction of sp³-hybridized carbons (Fsp3) is 0.250. The van der Waals surface area contributed by atoms with Gasteiger partial charge in [0.15, 0.2) is 0 Å². The van der Waals surface area contributed by atoms with Gasteiger partial charge in [0, 0.05) is 25.1 Å². The van der Waals surface area contributed by atoms with Crippen molar-refractivity contribution in [3.05, 3.63) is 41.9 Å². The molecule has 0 unspecified atom stereocenters. The zero-order valence-corrected chi connectivity index (χ0v) is 9.45. The molecule has 2 heterocycles. The monoisotopic (exact) mass is 217 g/mol. The first kappa shape index (κ1) is 10.5. The molecule has 0 saturated heterocycles. The van der Waals surface area contributed by atoms with Crippen LogP contribution in [0.4, 0.5) is 5.69 Å². The number of H-pyrrole nitrogens is 1. The number of aromatic amines is 1. The van der Waals surface area contributed by atoms with Gasteiger partial charge in [-0.15, -0.1) is 0 Å². The van der Waals surface area contributed by atoms with Crippen LogP contribution >= 0.6 is 0 Å². The van der Waals surface area contributed by atoms with Crippen molar-refractivity contribution in [3.63, 3.8) is 0 Å². The van der Waals surface area contributed by atoms with Gasteiger partial charge in [-0.1, -0.05) is 0 Å². The number of anilines is 1. The molecule has 0 bridgehead atoms. The van der Waals surface area contributed by atoms with Gasteiger partial charge in [0.05, 0.1) is 12.8 Å². The second-order valence-corrected chi connectivity index (χ2v) is 3.64. The third-order valence-corrected chi connectivity index (χ3v) is 2.33. The van der Waals surface area contributed by atoms with Crippen LogP contribution in [0.5, 0.6) is 5.88 Å². The highest BCUT2D eigenvalue weighted by Crippen LogP contribution is 2.22. The molecule has 0 fully saturated rings. The molecule has 2 aromatic rings. The van der Waals surface area contributed by atoms with E-state index >= 15 is 0 Å². The van der Waals surface area contributed by atoms with Crippen molar-refractivity contribution in [2.75, 3.05) is 12.4 Å². The summed E-state index contributed by atoms with van der Waals surface area (Å²) in [5.41, 5.74) is 3.23. The van der Waals surface area contributed by atoms with Crippen molar-refractivity contribution in [2.45, 2.75) is 13.5 Å². The maximum Gasteiger partial charge on any atom is 0.237 e. The van der Waals surface area contributed by atoms with Crippen LogP contribution in [-0.4, -0.2) is 17.1 Å². The average molecular weight is 217 g/mol. The third kappa shape index (κ3) is 2.34. The molecule has 16 heavy (non-hydrogen) atoms. The third-order valence-electron chi connectivity index (χ3n) is 2.33. The van der Waals surface area contributed by atoms with Gasteiger partial charge >= 0.3 is 0 Å². The predicted molar refractivity (Wildman–Crippen MR) is 63.6 cm³/mol. The Morgan fingerprint density at radius 2 is 2.38 bits per heavy atom. The van der Waals surface area contributed by atoms with E-state index in [1.807, 2.05) is 31.5 Å². The number of pyridine rings is 1. The lowest BCUT2D eigenvalue weighted by Crippen LogP contribution is -2.02. The van der Waals surface area contributed by atoms with Gasteiger partial charge in [-0.05, 0) is 30.2 Å². The van der Waals surface area contributed by atoms with Crippen LogP contribution < -0.4 is 10.1 Å². The first-order valence-electron chi connectivity index (χ1n) is 5.16. The Labute approximate surface area is 94.7 Å². The smallest absolute Gasteiger partial charge is 0.237 e. The molecule has 0 saturated carbocycles. The maximum atomic E-state index is 5.19. The van der Waals surface area contributed by atoms with Gasteiger partial charge in [0.2, 0.25) is 5.88 Å². The van der Waals surface area contributed by atoms with E-state index in [4.69, 9.17) is 4.74 Å². The summed E-state index contributed by atoms with van der Waals surface area (Å²) >= 11 is 0. The number of rotatable bonds is 4. The molecule has 0 spiro atoms. The molecule has 4 heteroatoms. The number of hydrogen-bond acceptors (Lipinski definition) is 3. The SMILES string of the molecule is COc1ncc(C)cc1NCc1cc[nH]c1. The van der Waals surface area contributed by atoms with Crippen LogP contribution in [0.1, 0.15) is 11.1 Å². The summed E-state index contributed by atoms with van der Waals surface area (Å²) in [5.74, 6) is 0.626. The molecule has 2 aromatic heterocycles. The Morgan fingerprint density at radius 3 is 3.06 bits per heavy atom. The minimum atomic E-state index is 0.626. The van der Waals surface area contributed by atoms with Crippen LogP contribution in [0.3, 0.4) is 0 Å². The topological polar surface area (TPSA) is 49.9 Å². The highest BCUT2D eigenvalue weighted by atomic mass is 16.5. The molecule has 2 N–H and O–H groups in total. The Balaban J connectivity index is 2.11. The minimum absolute atomic E-state index is 0.626. The van der Waals surface area contributed by atoms with Crippen LogP contribution in [0, 0.1) is 6.92 Å². The van der Waals surface area contributed by atoms with Gasteiger partial charge in [-0.2, -0.15) is 0 Å². The predicted octanol–water partition coefficient (Wildman–Crippen LogP) is 2.34. The molecule has 0 amide bonds. The van der Waals surface area contributed by atoms with Crippen molar-refractivity contribution < 1.29 is 4.74 Å². The van der Waals surface area contributed by atoms with E-state index in [0.717, 1.165) is 17.8 Å². The minimum Gasteiger partial charge on any atom is -0.480 e. The van der Waals surface area contributed by atoms with E-state index in [9.17, 15) is 0 Å². The van der Waals surface area contributed by atoms with Crippen molar-refractivity contribution in [1.29, 1.82) is 0 Å². The van der Waals surface area contributed by atoms with Crippen LogP contribution in [0.2, 0.25) is 0 Å². The molecule has 0 atom stereocenters. The van der Waals surface area contributed by atoms with Crippen LogP contribution in [-0.2, 0) is 6.54 Å². The number of aromatic nitrogens is 2. The van der Waals surface area contributed by atoms with E-state index in [2.05, 4.69) is 15.3 Å². The fourth-order valence-electron chi connectivity index (χ4n) is 1.51. The Bertz CT molecular complexity index is 451. The lowest BCUT2D eigenvalue weighted by Gasteiger charge is -2.09. The second-order valence-electron chi connectivity index (χ2n) is 3.64. The van der Waals surface area contributed by atoms with Gasteiger partial charge in [-0.25, -0.2) is 4.98 Å². The van der Waals surface area contributed by atoms with E-state index < -0.39 is 0 Å². The summed E-state index contributed by atoms with van der Waals surface area (Å²) in [4.78, 5) is 7.22. The number of hydrogen-bond donors (Lipinski definition) is 2. The highest BCUT2D eigenvalue weighted by Gasteiger charge is 2.04. The van der Waals surface area contributed by atoms with Crippen LogP contribution in [0.25, 0.3) is 0 Å². The molecule has 0 aliphatic heterocycles. The quantitative estimate of drug-likeness (QED) is 0.826. The number of nitrogens with one attached hydrogen (secondary N) is 2. The Kier molecular flexibility index (Phi) is 3.10. The summed E-state index contributed by atoms with van der Waals surface area (Å²) in [5, 5.41) is 3.30. The highest BCUT2D eigenvalue weighted by molar-refractivity contribution is 5.54. The lowest BCUT2D eigenvalue weighted by molar-refractivity contribution is 0.399. The summed E-state index contributed by atoms with van der Waals surface area (Å²) in [6.45, 7) is 2.76. The first-order valence-corrected chi connectivity index (χ1v) is 5.16. The molecular weight excluding hydrogens is 202 g/mol. The largest absolute Gasteiger partial charge is 0.480 e. The van der Waals surface area contributed by atoms with Gasteiger partial charge < -0.3 is 15.0 Å². The van der Waals surface area contributed by atoms with Gasteiger partial charge in [0.25, 0.3) is 0 Å². The van der Waals surface area contributed by atoms with Crippen LogP contribution in [0.15, 0.2) is 30.7 Å². The molecule has 84 valence electrons. The summed E-state index contributed by atoms with van der Waals surface area (Å²) < 4.78 is 5.19. The van der Waals surface area contributed by atoms with E-state index in [-0.39, 0.29) is 0 Å². The first-order chi connectivity index (χ1) is 7.79. The molecule has 2 rings (SSSR count). The normalized spacial score (nSPS) is 10.1. The molecule has 0 aromatic carbocycles. The van der Waals surface area contributed by atoms with E-state index in [1.165, 1.54) is 5.56 Å². The zero-order valence-electron chi connectivity index (χ0n) is 9.45. The second kappa shape index (κ2) is 4.70. The summed E-state index contributed by atoms with van der Waals surface area (Å²) in [6.07, 6.45) is 5.66. The molecule has 4 nitrogen and oxygen atoms in total. The summed E-state index contributed by atoms with van der Waals surface area (Å²) in [7, 11) is 1.62. The average Bonchev–Trinajstić information content (AvgIpc) is 2.79.